The molecule has 0 amide bonds. The number of anilines is 1. The zero-order valence-electron chi connectivity index (χ0n) is 6.72. The molecule has 0 aromatic carbocycles. The number of halogens is 4. The number of rotatable bonds is 0. The molecule has 0 unspecified atom stereocenters. The highest BCUT2D eigenvalue weighted by atomic mass is 35.5. The monoisotopic (exact) mass is 212 g/mol. The van der Waals surface area contributed by atoms with Gasteiger partial charge in [0.15, 0.2) is 0 Å². The summed E-state index contributed by atoms with van der Waals surface area (Å²) in [6.07, 6.45) is -3.38. The SMILES string of the molecule is Cc1cc(C(F)(F)F)ncc1N.Cl. The number of alkyl halides is 3. The lowest BCUT2D eigenvalue weighted by Crippen LogP contribution is -2.08. The molecule has 0 aliphatic heterocycles. The van der Waals surface area contributed by atoms with Crippen molar-refractivity contribution in [1.82, 2.24) is 4.98 Å². The summed E-state index contributed by atoms with van der Waals surface area (Å²) in [4.78, 5) is 3.16. The predicted octanol–water partition coefficient (Wildman–Crippen LogP) is 2.41. The van der Waals surface area contributed by atoms with Crippen molar-refractivity contribution < 1.29 is 13.2 Å². The maximum Gasteiger partial charge on any atom is 0.433 e. The average molecular weight is 213 g/mol. The van der Waals surface area contributed by atoms with E-state index < -0.39 is 11.9 Å². The maximum absolute atomic E-state index is 12.0. The molecule has 0 bridgehead atoms. The summed E-state index contributed by atoms with van der Waals surface area (Å²) in [6.45, 7) is 1.51. The Morgan fingerprint density at radius 3 is 2.31 bits per heavy atom. The predicted molar refractivity (Wildman–Crippen MR) is 45.6 cm³/mol. The third kappa shape index (κ3) is 2.77. The molecule has 2 N–H and O–H groups in total. The highest BCUT2D eigenvalue weighted by molar-refractivity contribution is 5.85. The van der Waals surface area contributed by atoms with Crippen LogP contribution in [-0.2, 0) is 6.18 Å². The quantitative estimate of drug-likeness (QED) is 0.717. The summed E-state index contributed by atoms with van der Waals surface area (Å²) in [5, 5.41) is 0. The molecule has 0 saturated carbocycles. The van der Waals surface area contributed by atoms with Gasteiger partial charge in [-0.15, -0.1) is 12.4 Å². The zero-order chi connectivity index (χ0) is 9.35. The summed E-state index contributed by atoms with van der Waals surface area (Å²) in [7, 11) is 0. The first-order valence-corrected chi connectivity index (χ1v) is 3.20. The van der Waals surface area contributed by atoms with Gasteiger partial charge in [-0.2, -0.15) is 13.2 Å². The van der Waals surface area contributed by atoms with E-state index in [9.17, 15) is 13.2 Å². The van der Waals surface area contributed by atoms with Crippen molar-refractivity contribution in [2.45, 2.75) is 13.1 Å². The highest BCUT2D eigenvalue weighted by Gasteiger charge is 2.32. The molecular formula is C7H8ClF3N2. The van der Waals surface area contributed by atoms with E-state index in [0.717, 1.165) is 12.3 Å². The van der Waals surface area contributed by atoms with Crippen LogP contribution in [0.2, 0.25) is 0 Å². The van der Waals surface area contributed by atoms with E-state index in [1.165, 1.54) is 6.92 Å². The first kappa shape index (κ1) is 12.0. The Morgan fingerprint density at radius 2 is 1.92 bits per heavy atom. The van der Waals surface area contributed by atoms with Crippen LogP contribution in [0, 0.1) is 6.92 Å². The van der Waals surface area contributed by atoms with Crippen LogP contribution in [-0.4, -0.2) is 4.98 Å². The smallest absolute Gasteiger partial charge is 0.397 e. The van der Waals surface area contributed by atoms with Gasteiger partial charge in [0, 0.05) is 0 Å². The summed E-state index contributed by atoms with van der Waals surface area (Å²) >= 11 is 0. The van der Waals surface area contributed by atoms with Crippen LogP contribution in [0.3, 0.4) is 0 Å². The maximum atomic E-state index is 12.0. The van der Waals surface area contributed by atoms with E-state index in [-0.39, 0.29) is 18.1 Å². The van der Waals surface area contributed by atoms with E-state index in [0.29, 0.717) is 5.56 Å². The van der Waals surface area contributed by atoms with Crippen molar-refractivity contribution in [1.29, 1.82) is 0 Å². The normalized spacial score (nSPS) is 10.8. The van der Waals surface area contributed by atoms with Gasteiger partial charge in [0.05, 0.1) is 11.9 Å². The van der Waals surface area contributed by atoms with Gasteiger partial charge in [0.1, 0.15) is 5.69 Å². The Morgan fingerprint density at radius 1 is 1.38 bits per heavy atom. The van der Waals surface area contributed by atoms with Gasteiger partial charge >= 0.3 is 6.18 Å². The number of nitrogen functional groups attached to an aromatic ring is 1. The average Bonchev–Trinajstić information content (AvgIpc) is 1.92. The van der Waals surface area contributed by atoms with E-state index in [1.54, 1.807) is 0 Å². The number of hydrogen-bond acceptors (Lipinski definition) is 2. The molecule has 1 rings (SSSR count). The van der Waals surface area contributed by atoms with Crippen molar-refractivity contribution in [3.63, 3.8) is 0 Å². The molecule has 0 aliphatic rings. The number of nitrogens with two attached hydrogens (primary N) is 1. The standard InChI is InChI=1S/C7H7F3N2.ClH/c1-4-2-6(7(8,9)10)12-3-5(4)11;/h2-3H,11H2,1H3;1H. The molecule has 6 heteroatoms. The van der Waals surface area contributed by atoms with Crippen molar-refractivity contribution in [2.75, 3.05) is 5.73 Å². The summed E-state index contributed by atoms with van der Waals surface area (Å²) in [5.74, 6) is 0. The van der Waals surface area contributed by atoms with Crippen LogP contribution in [0.5, 0.6) is 0 Å². The number of pyridine rings is 1. The molecule has 1 aromatic heterocycles. The van der Waals surface area contributed by atoms with E-state index in [1.807, 2.05) is 0 Å². The second-order valence-electron chi connectivity index (χ2n) is 2.42. The second-order valence-corrected chi connectivity index (χ2v) is 2.42. The van der Waals surface area contributed by atoms with Crippen LogP contribution in [0.25, 0.3) is 0 Å². The summed E-state index contributed by atoms with van der Waals surface area (Å²) < 4.78 is 36.0. The van der Waals surface area contributed by atoms with Gasteiger partial charge < -0.3 is 5.73 Å². The van der Waals surface area contributed by atoms with Gasteiger partial charge in [-0.3, -0.25) is 0 Å². The second kappa shape index (κ2) is 3.83. The minimum atomic E-state index is -4.39. The molecule has 0 saturated heterocycles. The third-order valence-corrected chi connectivity index (χ3v) is 1.44. The van der Waals surface area contributed by atoms with Crippen molar-refractivity contribution in [3.05, 3.63) is 23.5 Å². The Bertz CT molecular complexity index is 298. The molecule has 0 radical (unpaired) electrons. The van der Waals surface area contributed by atoms with Crippen molar-refractivity contribution in [3.8, 4) is 0 Å². The third-order valence-electron chi connectivity index (χ3n) is 1.44. The molecule has 0 fully saturated rings. The molecule has 2 nitrogen and oxygen atoms in total. The molecule has 1 aromatic rings. The number of aryl methyl sites for hydroxylation is 1. The Kier molecular flexibility index (Phi) is 3.54. The fourth-order valence-corrected chi connectivity index (χ4v) is 0.722. The minimum absolute atomic E-state index is 0. The van der Waals surface area contributed by atoms with Crippen LogP contribution < -0.4 is 5.73 Å². The first-order valence-electron chi connectivity index (χ1n) is 3.20. The van der Waals surface area contributed by atoms with Crippen LogP contribution in [0.15, 0.2) is 12.3 Å². The number of nitrogens with zero attached hydrogens (tertiary/aromatic N) is 1. The molecule has 74 valence electrons. The fourth-order valence-electron chi connectivity index (χ4n) is 0.722. The van der Waals surface area contributed by atoms with Gasteiger partial charge in [0.2, 0.25) is 0 Å². The first-order chi connectivity index (χ1) is 5.41. The highest BCUT2D eigenvalue weighted by Crippen LogP contribution is 2.28. The summed E-state index contributed by atoms with van der Waals surface area (Å²) in [5.41, 5.74) is 5.05. The Labute approximate surface area is 79.4 Å². The molecule has 0 aliphatic carbocycles. The van der Waals surface area contributed by atoms with Gasteiger partial charge in [-0.25, -0.2) is 4.98 Å². The number of hydrogen-bond donors (Lipinski definition) is 1. The van der Waals surface area contributed by atoms with Crippen LogP contribution in [0.1, 0.15) is 11.3 Å². The summed E-state index contributed by atoms with van der Waals surface area (Å²) in [6, 6.07) is 0.926. The lowest BCUT2D eigenvalue weighted by Gasteiger charge is -2.06. The van der Waals surface area contributed by atoms with Crippen LogP contribution >= 0.6 is 12.4 Å². The lowest BCUT2D eigenvalue weighted by molar-refractivity contribution is -0.141. The Balaban J connectivity index is 0.00000144. The van der Waals surface area contributed by atoms with Gasteiger partial charge in [0.25, 0.3) is 0 Å². The Hall–Kier alpha value is -0.970. The topological polar surface area (TPSA) is 38.9 Å². The van der Waals surface area contributed by atoms with E-state index in [4.69, 9.17) is 5.73 Å². The van der Waals surface area contributed by atoms with Gasteiger partial charge in [-0.05, 0) is 18.6 Å². The van der Waals surface area contributed by atoms with Gasteiger partial charge in [-0.1, -0.05) is 0 Å². The fraction of sp³-hybridized carbons (Fsp3) is 0.286. The van der Waals surface area contributed by atoms with Crippen LogP contribution in [0.4, 0.5) is 18.9 Å². The molecule has 0 atom stereocenters. The van der Waals surface area contributed by atoms with Crippen molar-refractivity contribution >= 4 is 18.1 Å². The lowest BCUT2D eigenvalue weighted by atomic mass is 10.2. The molecule has 1 heterocycles. The largest absolute Gasteiger partial charge is 0.433 e. The van der Waals surface area contributed by atoms with Crippen molar-refractivity contribution in [2.24, 2.45) is 0 Å². The van der Waals surface area contributed by atoms with E-state index in [2.05, 4.69) is 4.98 Å². The minimum Gasteiger partial charge on any atom is -0.397 e. The molecule has 0 spiro atoms. The molecule has 13 heavy (non-hydrogen) atoms. The van der Waals surface area contributed by atoms with E-state index >= 15 is 0 Å². The molecular weight excluding hydrogens is 205 g/mol. The zero-order valence-corrected chi connectivity index (χ0v) is 7.54. The number of aromatic nitrogens is 1.